The Morgan fingerprint density at radius 3 is 2.70 bits per heavy atom. The number of rotatable bonds is 4. The molecule has 0 saturated carbocycles. The normalized spacial score (nSPS) is 18.7. The Kier molecular flexibility index (Phi) is 5.60. The SMILES string of the molecule is COc1ccc([C@@H]2CC(=O)N3CN(c4cccc(C)c4)CSC3=C2C#N)c(OC)c1. The van der Waals surface area contributed by atoms with Crippen LogP contribution < -0.4 is 14.4 Å². The molecule has 4 rings (SSSR count). The second-order valence-corrected chi connectivity index (χ2v) is 8.24. The first-order chi connectivity index (χ1) is 14.5. The topological polar surface area (TPSA) is 65.8 Å². The number of carbonyl (C=O) groups is 1. The van der Waals surface area contributed by atoms with Crippen LogP contribution in [0.1, 0.15) is 23.5 Å². The van der Waals surface area contributed by atoms with Crippen LogP contribution in [0.5, 0.6) is 11.5 Å². The molecule has 2 aromatic rings. The van der Waals surface area contributed by atoms with Gasteiger partial charge in [-0.1, -0.05) is 30.0 Å². The highest BCUT2D eigenvalue weighted by atomic mass is 32.2. The third-order valence-electron chi connectivity index (χ3n) is 5.48. The fraction of sp³-hybridized carbons (Fsp3) is 0.304. The molecule has 1 amide bonds. The summed E-state index contributed by atoms with van der Waals surface area (Å²) in [7, 11) is 3.18. The predicted octanol–water partition coefficient (Wildman–Crippen LogP) is 4.23. The lowest BCUT2D eigenvalue weighted by Gasteiger charge is -2.42. The largest absolute Gasteiger partial charge is 0.497 e. The monoisotopic (exact) mass is 421 g/mol. The standard InChI is InChI=1S/C23H23N3O3S/c1-15-5-4-6-16(9-15)25-13-26-22(27)11-19(20(12-24)23(26)30-14-25)18-8-7-17(28-2)10-21(18)29-3/h4-10,19H,11,13-14H2,1-3H3/t19-/m0/s1. The van der Waals surface area contributed by atoms with Crippen LogP contribution >= 0.6 is 11.8 Å². The summed E-state index contributed by atoms with van der Waals surface area (Å²) in [6, 6.07) is 16.1. The molecule has 0 spiro atoms. The summed E-state index contributed by atoms with van der Waals surface area (Å²) in [5.74, 6) is 1.66. The predicted molar refractivity (Wildman–Crippen MR) is 117 cm³/mol. The maximum Gasteiger partial charge on any atom is 0.229 e. The fourth-order valence-electron chi connectivity index (χ4n) is 3.92. The van der Waals surface area contributed by atoms with Gasteiger partial charge in [0.05, 0.1) is 43.4 Å². The Bertz CT molecular complexity index is 1060. The number of allylic oxidation sites excluding steroid dienone is 1. The summed E-state index contributed by atoms with van der Waals surface area (Å²) in [6.07, 6.45) is 0.233. The van der Waals surface area contributed by atoms with Crippen molar-refractivity contribution in [3.05, 3.63) is 64.2 Å². The number of ether oxygens (including phenoxy) is 2. The van der Waals surface area contributed by atoms with E-state index < -0.39 is 0 Å². The van der Waals surface area contributed by atoms with Gasteiger partial charge in [-0.25, -0.2) is 0 Å². The average Bonchev–Trinajstić information content (AvgIpc) is 2.78. The molecule has 0 aliphatic carbocycles. The van der Waals surface area contributed by atoms with Gasteiger partial charge in [-0.15, -0.1) is 0 Å². The minimum absolute atomic E-state index is 0.0109. The molecule has 2 heterocycles. The lowest BCUT2D eigenvalue weighted by atomic mass is 9.86. The number of anilines is 1. The van der Waals surface area contributed by atoms with E-state index in [1.54, 1.807) is 25.2 Å². The Hall–Kier alpha value is -3.11. The zero-order valence-corrected chi connectivity index (χ0v) is 18.0. The highest BCUT2D eigenvalue weighted by Crippen LogP contribution is 2.45. The van der Waals surface area contributed by atoms with Crippen LogP contribution in [0.3, 0.4) is 0 Å². The number of hydrogen-bond donors (Lipinski definition) is 0. The van der Waals surface area contributed by atoms with Crippen molar-refractivity contribution in [1.82, 2.24) is 4.90 Å². The number of aryl methyl sites for hydroxylation is 1. The van der Waals surface area contributed by atoms with E-state index in [-0.39, 0.29) is 18.2 Å². The fourth-order valence-corrected chi connectivity index (χ4v) is 5.09. The van der Waals surface area contributed by atoms with Gasteiger partial charge in [0.25, 0.3) is 0 Å². The molecule has 2 aliphatic heterocycles. The second kappa shape index (κ2) is 8.33. The van der Waals surface area contributed by atoms with Crippen molar-refractivity contribution in [1.29, 1.82) is 5.26 Å². The van der Waals surface area contributed by atoms with Gasteiger partial charge in [-0.3, -0.25) is 9.69 Å². The molecule has 1 fully saturated rings. The molecule has 0 radical (unpaired) electrons. The van der Waals surface area contributed by atoms with Crippen molar-refractivity contribution >= 4 is 23.4 Å². The van der Waals surface area contributed by atoms with Crippen LogP contribution in [0.4, 0.5) is 5.69 Å². The maximum atomic E-state index is 13.1. The molecule has 0 unspecified atom stereocenters. The lowest BCUT2D eigenvalue weighted by Crippen LogP contribution is -2.47. The summed E-state index contributed by atoms with van der Waals surface area (Å²) in [6.45, 7) is 2.50. The van der Waals surface area contributed by atoms with Gasteiger partial charge in [-0.05, 0) is 30.7 Å². The third kappa shape index (κ3) is 3.59. The molecule has 1 saturated heterocycles. The number of amides is 1. The maximum absolute atomic E-state index is 13.1. The number of carbonyl (C=O) groups excluding carboxylic acids is 1. The van der Waals surface area contributed by atoms with Crippen molar-refractivity contribution in [2.45, 2.75) is 19.3 Å². The number of methoxy groups -OCH3 is 2. The molecular formula is C23H23N3O3S. The van der Waals surface area contributed by atoms with E-state index in [2.05, 4.69) is 30.0 Å². The van der Waals surface area contributed by atoms with E-state index in [1.165, 1.54) is 17.3 Å². The van der Waals surface area contributed by atoms with E-state index >= 15 is 0 Å². The average molecular weight is 422 g/mol. The molecular weight excluding hydrogens is 398 g/mol. The number of hydrogen-bond acceptors (Lipinski definition) is 6. The van der Waals surface area contributed by atoms with Gasteiger partial charge in [0.15, 0.2) is 0 Å². The van der Waals surface area contributed by atoms with Crippen LogP contribution in [0, 0.1) is 18.3 Å². The zero-order valence-electron chi connectivity index (χ0n) is 17.2. The van der Waals surface area contributed by atoms with E-state index in [9.17, 15) is 10.1 Å². The summed E-state index contributed by atoms with van der Waals surface area (Å²) in [5, 5.41) is 10.7. The van der Waals surface area contributed by atoms with E-state index in [0.717, 1.165) is 16.3 Å². The minimum Gasteiger partial charge on any atom is -0.497 e. The van der Waals surface area contributed by atoms with E-state index in [4.69, 9.17) is 9.47 Å². The van der Waals surface area contributed by atoms with Gasteiger partial charge in [0, 0.05) is 29.7 Å². The first-order valence-electron chi connectivity index (χ1n) is 9.66. The van der Waals surface area contributed by atoms with Crippen molar-refractivity contribution < 1.29 is 14.3 Å². The van der Waals surface area contributed by atoms with Crippen LogP contribution in [-0.2, 0) is 4.79 Å². The second-order valence-electron chi connectivity index (χ2n) is 7.31. The molecule has 1 atom stereocenters. The van der Waals surface area contributed by atoms with Crippen LogP contribution in [0.25, 0.3) is 0 Å². The number of thioether (sulfide) groups is 1. The molecule has 30 heavy (non-hydrogen) atoms. The summed E-state index contributed by atoms with van der Waals surface area (Å²) >= 11 is 1.53. The van der Waals surface area contributed by atoms with Crippen molar-refractivity contribution in [2.24, 2.45) is 0 Å². The molecule has 0 bridgehead atoms. The number of benzene rings is 2. The molecule has 7 heteroatoms. The van der Waals surface area contributed by atoms with E-state index in [1.807, 2.05) is 24.3 Å². The molecule has 0 aromatic heterocycles. The lowest BCUT2D eigenvalue weighted by molar-refractivity contribution is -0.129. The Labute approximate surface area is 180 Å². The highest BCUT2D eigenvalue weighted by molar-refractivity contribution is 8.03. The summed E-state index contributed by atoms with van der Waals surface area (Å²) in [4.78, 5) is 17.0. The smallest absolute Gasteiger partial charge is 0.229 e. The number of nitriles is 1. The minimum atomic E-state index is -0.326. The van der Waals surface area contributed by atoms with Crippen molar-refractivity contribution in [3.8, 4) is 17.6 Å². The Morgan fingerprint density at radius 1 is 1.17 bits per heavy atom. The third-order valence-corrected chi connectivity index (χ3v) is 6.63. The van der Waals surface area contributed by atoms with E-state index in [0.29, 0.717) is 29.6 Å². The van der Waals surface area contributed by atoms with Gasteiger partial charge < -0.3 is 14.4 Å². The Morgan fingerprint density at radius 2 is 2.00 bits per heavy atom. The number of fused-ring (bicyclic) bond motifs is 1. The van der Waals surface area contributed by atoms with Gasteiger partial charge in [0.2, 0.25) is 5.91 Å². The van der Waals surface area contributed by atoms with Crippen molar-refractivity contribution in [3.63, 3.8) is 0 Å². The zero-order chi connectivity index (χ0) is 21.3. The van der Waals surface area contributed by atoms with Crippen LogP contribution in [-0.4, -0.2) is 37.6 Å². The quantitative estimate of drug-likeness (QED) is 0.736. The first-order valence-corrected chi connectivity index (χ1v) is 10.6. The van der Waals surface area contributed by atoms with Gasteiger partial charge in [0.1, 0.15) is 11.5 Å². The Balaban J connectivity index is 1.69. The number of nitrogens with zero attached hydrogens (tertiary/aromatic N) is 3. The van der Waals surface area contributed by atoms with Crippen LogP contribution in [0.2, 0.25) is 0 Å². The van der Waals surface area contributed by atoms with Crippen molar-refractivity contribution in [2.75, 3.05) is 31.7 Å². The van der Waals surface area contributed by atoms with Gasteiger partial charge >= 0.3 is 0 Å². The van der Waals surface area contributed by atoms with Crippen LogP contribution in [0.15, 0.2) is 53.1 Å². The highest BCUT2D eigenvalue weighted by Gasteiger charge is 2.39. The molecule has 6 nitrogen and oxygen atoms in total. The molecule has 2 aromatic carbocycles. The molecule has 2 aliphatic rings. The summed E-state index contributed by atoms with van der Waals surface area (Å²) in [5.41, 5.74) is 3.70. The molecule has 154 valence electrons. The summed E-state index contributed by atoms with van der Waals surface area (Å²) < 4.78 is 10.8. The molecule has 0 N–H and O–H groups in total. The van der Waals surface area contributed by atoms with Gasteiger partial charge in [-0.2, -0.15) is 5.26 Å². The first kappa shape index (κ1) is 20.2.